The number of rotatable bonds is 5. The van der Waals surface area contributed by atoms with Crippen molar-refractivity contribution in [1.82, 2.24) is 10.0 Å². The fourth-order valence-corrected chi connectivity index (χ4v) is 3.42. The van der Waals surface area contributed by atoms with Gasteiger partial charge in [-0.2, -0.15) is 5.06 Å². The van der Waals surface area contributed by atoms with E-state index in [1.807, 2.05) is 30.3 Å². The Bertz CT molecular complexity index is 920. The van der Waals surface area contributed by atoms with E-state index >= 15 is 0 Å². The van der Waals surface area contributed by atoms with Gasteiger partial charge in [-0.3, -0.25) is 10.2 Å². The average Bonchev–Trinajstić information content (AvgIpc) is 3.06. The molecule has 1 aromatic carbocycles. The maximum Gasteiger partial charge on any atom is 0.339 e. The summed E-state index contributed by atoms with van der Waals surface area (Å²) in [6, 6.07) is 14.9. The summed E-state index contributed by atoms with van der Waals surface area (Å²) >= 11 is 1.65. The van der Waals surface area contributed by atoms with Crippen LogP contribution in [0.4, 0.5) is 4.79 Å². The van der Waals surface area contributed by atoms with Gasteiger partial charge in [-0.15, -0.1) is 11.3 Å². The predicted molar refractivity (Wildman–Crippen MR) is 101 cm³/mol. The van der Waals surface area contributed by atoms with Gasteiger partial charge in [-0.1, -0.05) is 30.3 Å². The standard InChI is InChI=1S/C19H19N3O2S/c1-13(22(24)19(20)23)6-9-16-10-11-17(25-16)12-15-8-7-14-4-2-3-5-18(14)21-15/h2-11,13,24H,12H2,1H3,(H2,20,23)/b9-6-. The fourth-order valence-electron chi connectivity index (χ4n) is 2.48. The quantitative estimate of drug-likeness (QED) is 0.536. The number of benzene rings is 1. The molecule has 3 N–H and O–H groups in total. The van der Waals surface area contributed by atoms with Crippen LogP contribution < -0.4 is 5.73 Å². The fraction of sp³-hybridized carbons (Fsp3) is 0.158. The lowest BCUT2D eigenvalue weighted by atomic mass is 10.1. The van der Waals surface area contributed by atoms with Crippen molar-refractivity contribution < 1.29 is 10.0 Å². The smallest absolute Gasteiger partial charge is 0.339 e. The molecule has 3 aromatic rings. The van der Waals surface area contributed by atoms with Crippen LogP contribution in [0, 0.1) is 0 Å². The van der Waals surface area contributed by atoms with E-state index < -0.39 is 12.1 Å². The van der Waals surface area contributed by atoms with Crippen molar-refractivity contribution in [2.75, 3.05) is 0 Å². The summed E-state index contributed by atoms with van der Waals surface area (Å²) in [7, 11) is 0. The van der Waals surface area contributed by atoms with E-state index in [0.29, 0.717) is 5.06 Å². The van der Waals surface area contributed by atoms with Crippen molar-refractivity contribution in [3.63, 3.8) is 0 Å². The Kier molecular flexibility index (Phi) is 5.11. The summed E-state index contributed by atoms with van der Waals surface area (Å²) < 4.78 is 0. The second-order valence-corrected chi connectivity index (χ2v) is 6.96. The van der Waals surface area contributed by atoms with Crippen LogP contribution in [-0.4, -0.2) is 27.3 Å². The first-order valence-electron chi connectivity index (χ1n) is 7.92. The topological polar surface area (TPSA) is 79.4 Å². The number of aromatic nitrogens is 1. The monoisotopic (exact) mass is 353 g/mol. The van der Waals surface area contributed by atoms with Crippen LogP contribution >= 0.6 is 11.3 Å². The van der Waals surface area contributed by atoms with Gasteiger partial charge in [0.05, 0.1) is 11.6 Å². The number of para-hydroxylation sites is 1. The van der Waals surface area contributed by atoms with Crippen LogP contribution in [0.15, 0.2) is 54.6 Å². The van der Waals surface area contributed by atoms with Gasteiger partial charge in [-0.25, -0.2) is 4.79 Å². The molecule has 0 bridgehead atoms. The molecule has 0 aliphatic heterocycles. The molecule has 2 amide bonds. The van der Waals surface area contributed by atoms with Gasteiger partial charge in [0.25, 0.3) is 0 Å². The van der Waals surface area contributed by atoms with Gasteiger partial charge in [-0.05, 0) is 37.3 Å². The highest BCUT2D eigenvalue weighted by Crippen LogP contribution is 2.22. The first-order chi connectivity index (χ1) is 12.0. The first kappa shape index (κ1) is 17.1. The lowest BCUT2D eigenvalue weighted by Gasteiger charge is -2.16. The third-order valence-corrected chi connectivity index (χ3v) is 4.89. The van der Waals surface area contributed by atoms with E-state index in [0.717, 1.165) is 27.9 Å². The number of carbonyl (C=O) groups excluding carboxylic acids is 1. The molecule has 6 heteroatoms. The minimum absolute atomic E-state index is 0.481. The Labute approximate surface area is 150 Å². The van der Waals surface area contributed by atoms with Gasteiger partial charge in [0.2, 0.25) is 0 Å². The summed E-state index contributed by atoms with van der Waals surface area (Å²) in [5, 5.41) is 11.1. The second kappa shape index (κ2) is 7.46. The lowest BCUT2D eigenvalue weighted by Crippen LogP contribution is -2.38. The molecule has 2 heterocycles. The number of hydroxylamine groups is 2. The van der Waals surface area contributed by atoms with Crippen LogP contribution in [0.5, 0.6) is 0 Å². The van der Waals surface area contributed by atoms with Crippen molar-refractivity contribution in [3.8, 4) is 0 Å². The van der Waals surface area contributed by atoms with E-state index in [-0.39, 0.29) is 0 Å². The van der Waals surface area contributed by atoms with Gasteiger partial charge >= 0.3 is 6.03 Å². The van der Waals surface area contributed by atoms with Crippen molar-refractivity contribution in [3.05, 3.63) is 70.1 Å². The summed E-state index contributed by atoms with van der Waals surface area (Å²) in [6.45, 7) is 1.69. The largest absolute Gasteiger partial charge is 0.350 e. The highest BCUT2D eigenvalue weighted by atomic mass is 32.1. The molecule has 0 saturated heterocycles. The predicted octanol–water partition coefficient (Wildman–Crippen LogP) is 4.06. The summed E-state index contributed by atoms with van der Waals surface area (Å²) in [6.07, 6.45) is 4.37. The molecular weight excluding hydrogens is 334 g/mol. The van der Waals surface area contributed by atoms with E-state index in [1.165, 1.54) is 4.88 Å². The Morgan fingerprint density at radius 1 is 1.28 bits per heavy atom. The number of hydrogen-bond donors (Lipinski definition) is 2. The Balaban J connectivity index is 1.69. The number of amides is 2. The van der Waals surface area contributed by atoms with Gasteiger partial charge in [0.1, 0.15) is 0 Å². The normalized spacial score (nSPS) is 12.6. The molecule has 25 heavy (non-hydrogen) atoms. The zero-order chi connectivity index (χ0) is 17.8. The minimum Gasteiger partial charge on any atom is -0.350 e. The number of hydrogen-bond acceptors (Lipinski definition) is 4. The highest BCUT2D eigenvalue weighted by Gasteiger charge is 2.11. The summed E-state index contributed by atoms with van der Waals surface area (Å²) in [5.41, 5.74) is 7.06. The average molecular weight is 353 g/mol. The second-order valence-electron chi connectivity index (χ2n) is 5.76. The van der Waals surface area contributed by atoms with E-state index in [4.69, 9.17) is 10.7 Å². The Morgan fingerprint density at radius 3 is 2.88 bits per heavy atom. The van der Waals surface area contributed by atoms with Crippen LogP contribution in [0.25, 0.3) is 17.0 Å². The Morgan fingerprint density at radius 2 is 2.08 bits per heavy atom. The molecule has 2 aromatic heterocycles. The zero-order valence-corrected chi connectivity index (χ0v) is 14.6. The van der Waals surface area contributed by atoms with E-state index in [1.54, 1.807) is 24.3 Å². The highest BCUT2D eigenvalue weighted by molar-refractivity contribution is 7.12. The number of carbonyl (C=O) groups is 1. The number of fused-ring (bicyclic) bond motifs is 1. The van der Waals surface area contributed by atoms with Crippen molar-refractivity contribution in [1.29, 1.82) is 0 Å². The summed E-state index contributed by atoms with van der Waals surface area (Å²) in [4.78, 5) is 17.8. The third kappa shape index (κ3) is 4.23. The first-order valence-corrected chi connectivity index (χ1v) is 8.74. The Hall–Kier alpha value is -2.70. The van der Waals surface area contributed by atoms with Crippen molar-refractivity contribution in [2.24, 2.45) is 5.73 Å². The molecular formula is C19H19N3O2S. The van der Waals surface area contributed by atoms with Crippen LogP contribution in [-0.2, 0) is 6.42 Å². The number of nitrogens with two attached hydrogens (primary N) is 1. The van der Waals surface area contributed by atoms with Crippen molar-refractivity contribution >= 4 is 34.3 Å². The van der Waals surface area contributed by atoms with Gasteiger partial charge in [0, 0.05) is 27.3 Å². The van der Waals surface area contributed by atoms with Crippen molar-refractivity contribution in [2.45, 2.75) is 19.4 Å². The molecule has 1 unspecified atom stereocenters. The number of nitrogens with zero attached hydrogens (tertiary/aromatic N) is 2. The molecule has 3 rings (SSSR count). The zero-order valence-electron chi connectivity index (χ0n) is 13.8. The van der Waals surface area contributed by atoms with Gasteiger partial charge in [0.15, 0.2) is 0 Å². The number of primary amides is 1. The van der Waals surface area contributed by atoms with E-state index in [9.17, 15) is 10.0 Å². The lowest BCUT2D eigenvalue weighted by molar-refractivity contribution is -0.0560. The minimum atomic E-state index is -0.869. The number of thiophene rings is 1. The third-order valence-electron chi connectivity index (χ3n) is 3.84. The molecule has 0 spiro atoms. The maximum absolute atomic E-state index is 10.9. The van der Waals surface area contributed by atoms with Crippen LogP contribution in [0.3, 0.4) is 0 Å². The molecule has 0 fully saturated rings. The van der Waals surface area contributed by atoms with Crippen LogP contribution in [0.1, 0.15) is 22.4 Å². The summed E-state index contributed by atoms with van der Waals surface area (Å²) in [5.74, 6) is 0. The number of pyridine rings is 1. The number of urea groups is 1. The van der Waals surface area contributed by atoms with Crippen LogP contribution in [0.2, 0.25) is 0 Å². The van der Waals surface area contributed by atoms with Gasteiger partial charge < -0.3 is 5.73 Å². The maximum atomic E-state index is 10.9. The molecule has 0 saturated carbocycles. The molecule has 5 nitrogen and oxygen atoms in total. The van der Waals surface area contributed by atoms with E-state index in [2.05, 4.69) is 24.3 Å². The molecule has 0 aliphatic rings. The molecule has 128 valence electrons. The molecule has 0 aliphatic carbocycles. The molecule has 1 atom stereocenters. The SMILES string of the molecule is CC(/C=C\c1ccc(Cc2ccc3ccccc3n2)s1)N(O)C(N)=O. The molecule has 0 radical (unpaired) electrons.